The number of hydrogen-bond acceptors (Lipinski definition) is 5. The number of nitrogens with zero attached hydrogens (tertiary/aromatic N) is 3. The van der Waals surface area contributed by atoms with Gasteiger partial charge in [-0.1, -0.05) is 66.7 Å². The van der Waals surface area contributed by atoms with E-state index in [1.54, 1.807) is 55.1 Å². The number of allylic oxidation sites excluding steroid dienone is 1. The second kappa shape index (κ2) is 8.93. The van der Waals surface area contributed by atoms with Crippen molar-refractivity contribution in [3.05, 3.63) is 144 Å². The molecule has 5 nitrogen and oxygen atoms in total. The SMILES string of the molecule is O=C1C(=Cc2ccc3ccc4c(N(c5ccncc5)c5ccncc5)ccc5ccc2c3c54)C(=O)c2ccccc21. The van der Waals surface area contributed by atoms with Crippen molar-refractivity contribution in [1.29, 1.82) is 0 Å². The molecule has 0 amide bonds. The molecule has 0 atom stereocenters. The number of carbonyl (C=O) groups is 2. The Balaban J connectivity index is 1.37. The second-order valence-electron chi connectivity index (χ2n) is 10.2. The van der Waals surface area contributed by atoms with Gasteiger partial charge in [-0.15, -0.1) is 0 Å². The molecule has 8 rings (SSSR count). The average Bonchev–Trinajstić information content (AvgIpc) is 3.27. The Hall–Kier alpha value is -5.68. The molecule has 0 saturated heterocycles. The van der Waals surface area contributed by atoms with Gasteiger partial charge in [-0.05, 0) is 68.9 Å². The Bertz CT molecular complexity index is 2110. The van der Waals surface area contributed by atoms with Crippen LogP contribution in [0.15, 0.2) is 127 Å². The van der Waals surface area contributed by atoms with Crippen LogP contribution < -0.4 is 4.90 Å². The summed E-state index contributed by atoms with van der Waals surface area (Å²) in [6, 6.07) is 31.9. The van der Waals surface area contributed by atoms with Gasteiger partial charge in [-0.2, -0.15) is 0 Å². The van der Waals surface area contributed by atoms with Crippen LogP contribution in [-0.2, 0) is 0 Å². The highest BCUT2D eigenvalue weighted by molar-refractivity contribution is 6.41. The molecule has 5 heteroatoms. The summed E-state index contributed by atoms with van der Waals surface area (Å²) in [5.41, 5.74) is 5.01. The number of rotatable bonds is 4. The van der Waals surface area contributed by atoms with E-state index in [-0.39, 0.29) is 17.1 Å². The zero-order valence-corrected chi connectivity index (χ0v) is 21.8. The number of pyridine rings is 2. The van der Waals surface area contributed by atoms with Crippen molar-refractivity contribution in [2.45, 2.75) is 0 Å². The van der Waals surface area contributed by atoms with Crippen molar-refractivity contribution in [3.8, 4) is 0 Å². The van der Waals surface area contributed by atoms with Crippen molar-refractivity contribution in [2.24, 2.45) is 0 Å². The van der Waals surface area contributed by atoms with Gasteiger partial charge in [0, 0.05) is 52.7 Å². The predicted octanol–water partition coefficient (Wildman–Crippen LogP) is 8.31. The fourth-order valence-electron chi connectivity index (χ4n) is 6.10. The number of aromatic nitrogens is 2. The van der Waals surface area contributed by atoms with E-state index in [4.69, 9.17) is 0 Å². The molecule has 0 unspecified atom stereocenters. The molecular formula is C36H21N3O2. The summed E-state index contributed by atoms with van der Waals surface area (Å²) >= 11 is 0. The fourth-order valence-corrected chi connectivity index (χ4v) is 6.10. The van der Waals surface area contributed by atoms with E-state index in [2.05, 4.69) is 57.3 Å². The van der Waals surface area contributed by atoms with Gasteiger partial charge in [0.1, 0.15) is 0 Å². The van der Waals surface area contributed by atoms with E-state index in [9.17, 15) is 9.59 Å². The van der Waals surface area contributed by atoms with Crippen molar-refractivity contribution in [3.63, 3.8) is 0 Å². The van der Waals surface area contributed by atoms with Crippen molar-refractivity contribution >= 4 is 67.0 Å². The number of anilines is 3. The number of Topliss-reactive ketones (excluding diaryl/α,β-unsaturated/α-hetero) is 2. The molecule has 2 aromatic heterocycles. The largest absolute Gasteiger partial charge is 0.310 e. The van der Waals surface area contributed by atoms with Crippen LogP contribution >= 0.6 is 0 Å². The van der Waals surface area contributed by atoms with Crippen LogP contribution in [0, 0.1) is 0 Å². The lowest BCUT2D eigenvalue weighted by Gasteiger charge is -2.27. The van der Waals surface area contributed by atoms with E-state index >= 15 is 0 Å². The number of carbonyl (C=O) groups excluding carboxylic acids is 2. The summed E-state index contributed by atoms with van der Waals surface area (Å²) < 4.78 is 0. The third-order valence-corrected chi connectivity index (χ3v) is 7.96. The maximum absolute atomic E-state index is 13.2. The van der Waals surface area contributed by atoms with Gasteiger partial charge in [0.2, 0.25) is 0 Å². The lowest BCUT2D eigenvalue weighted by Crippen LogP contribution is -2.10. The summed E-state index contributed by atoms with van der Waals surface area (Å²) in [4.78, 5) is 37.0. The molecule has 2 heterocycles. The minimum absolute atomic E-state index is 0.212. The zero-order valence-electron chi connectivity index (χ0n) is 21.8. The highest BCUT2D eigenvalue weighted by Crippen LogP contribution is 2.44. The smallest absolute Gasteiger partial charge is 0.197 e. The Morgan fingerprint density at radius 1 is 0.537 bits per heavy atom. The summed E-state index contributed by atoms with van der Waals surface area (Å²) in [7, 11) is 0. The third kappa shape index (κ3) is 3.49. The standard InChI is InChI=1S/C36H21N3O2/c40-35-28-3-1-2-4-29(28)36(41)31(35)21-24-6-5-22-8-11-30-32(12-9-23-7-10-27(24)33(22)34(23)30)39(25-13-17-37-18-14-25)26-15-19-38-20-16-26/h1-21H. The van der Waals surface area contributed by atoms with Crippen LogP contribution in [0.25, 0.3) is 38.4 Å². The molecule has 1 aliphatic rings. The number of ketones is 2. The Kier molecular flexibility index (Phi) is 5.06. The maximum atomic E-state index is 13.2. The molecule has 0 spiro atoms. The molecule has 1 aliphatic carbocycles. The molecule has 0 N–H and O–H groups in total. The van der Waals surface area contributed by atoms with Crippen molar-refractivity contribution < 1.29 is 9.59 Å². The minimum atomic E-state index is -0.219. The van der Waals surface area contributed by atoms with Crippen LogP contribution in [0.2, 0.25) is 0 Å². The normalized spacial score (nSPS) is 12.9. The molecule has 192 valence electrons. The van der Waals surface area contributed by atoms with Crippen LogP contribution in [0.1, 0.15) is 26.3 Å². The number of fused-ring (bicyclic) bond motifs is 1. The molecular weight excluding hydrogens is 506 g/mol. The van der Waals surface area contributed by atoms with E-state index in [1.165, 1.54) is 0 Å². The summed E-state index contributed by atoms with van der Waals surface area (Å²) in [6.45, 7) is 0. The first kappa shape index (κ1) is 23.2. The molecule has 41 heavy (non-hydrogen) atoms. The lowest BCUT2D eigenvalue weighted by atomic mass is 9.90. The Morgan fingerprint density at radius 3 is 1.66 bits per heavy atom. The highest BCUT2D eigenvalue weighted by Gasteiger charge is 2.32. The van der Waals surface area contributed by atoms with E-state index < -0.39 is 0 Å². The van der Waals surface area contributed by atoms with E-state index in [0.717, 1.165) is 54.9 Å². The van der Waals surface area contributed by atoms with Gasteiger partial charge < -0.3 is 4.90 Å². The van der Waals surface area contributed by atoms with Gasteiger partial charge in [-0.3, -0.25) is 19.6 Å². The monoisotopic (exact) mass is 527 g/mol. The Labute approximate surface area is 235 Å². The quantitative estimate of drug-likeness (QED) is 0.131. The first-order chi connectivity index (χ1) is 20.2. The molecule has 0 fully saturated rings. The average molecular weight is 528 g/mol. The van der Waals surface area contributed by atoms with Crippen molar-refractivity contribution in [2.75, 3.05) is 4.90 Å². The van der Waals surface area contributed by atoms with Gasteiger partial charge in [0.15, 0.2) is 11.6 Å². The van der Waals surface area contributed by atoms with Gasteiger partial charge in [-0.25, -0.2) is 0 Å². The molecule has 0 radical (unpaired) electrons. The highest BCUT2D eigenvalue weighted by atomic mass is 16.2. The second-order valence-corrected chi connectivity index (χ2v) is 10.2. The molecule has 0 bridgehead atoms. The van der Waals surface area contributed by atoms with Gasteiger partial charge in [0.25, 0.3) is 0 Å². The van der Waals surface area contributed by atoms with Crippen molar-refractivity contribution in [1.82, 2.24) is 9.97 Å². The van der Waals surface area contributed by atoms with E-state index in [0.29, 0.717) is 11.1 Å². The minimum Gasteiger partial charge on any atom is -0.310 e. The molecule has 5 aromatic carbocycles. The lowest BCUT2D eigenvalue weighted by molar-refractivity contribution is 0.0990. The summed E-state index contributed by atoms with van der Waals surface area (Å²) in [5.74, 6) is -0.437. The summed E-state index contributed by atoms with van der Waals surface area (Å²) in [6.07, 6.45) is 8.94. The third-order valence-electron chi connectivity index (χ3n) is 7.96. The number of benzene rings is 5. The van der Waals surface area contributed by atoms with Gasteiger partial charge in [0.05, 0.1) is 11.3 Å². The van der Waals surface area contributed by atoms with Crippen LogP contribution in [-0.4, -0.2) is 21.5 Å². The number of hydrogen-bond donors (Lipinski definition) is 0. The molecule has 0 saturated carbocycles. The van der Waals surface area contributed by atoms with Crippen LogP contribution in [0.5, 0.6) is 0 Å². The Morgan fingerprint density at radius 2 is 1.05 bits per heavy atom. The predicted molar refractivity (Wildman–Crippen MR) is 163 cm³/mol. The summed E-state index contributed by atoms with van der Waals surface area (Å²) in [5, 5.41) is 6.57. The first-order valence-electron chi connectivity index (χ1n) is 13.4. The molecule has 7 aromatic rings. The van der Waals surface area contributed by atoms with Crippen LogP contribution in [0.4, 0.5) is 17.1 Å². The fraction of sp³-hybridized carbons (Fsp3) is 0. The van der Waals surface area contributed by atoms with Gasteiger partial charge >= 0.3 is 0 Å². The topological polar surface area (TPSA) is 63.2 Å². The molecule has 0 aliphatic heterocycles. The maximum Gasteiger partial charge on any atom is 0.197 e. The van der Waals surface area contributed by atoms with E-state index in [1.807, 2.05) is 30.3 Å². The zero-order chi connectivity index (χ0) is 27.5. The first-order valence-corrected chi connectivity index (χ1v) is 13.4. The van der Waals surface area contributed by atoms with Crippen LogP contribution in [0.3, 0.4) is 0 Å².